The SMILES string of the molecule is CC(=O)OC[C@H]1O[C@@H](n2cnc3c(N4CCC(c5ccccc5)CC4)nc(Cl)nc32)C(OC(C)=O)C1OC(C)=O. The van der Waals surface area contributed by atoms with Crippen molar-refractivity contribution in [1.29, 1.82) is 0 Å². The van der Waals surface area contributed by atoms with E-state index in [9.17, 15) is 14.4 Å². The smallest absolute Gasteiger partial charge is 0.303 e. The van der Waals surface area contributed by atoms with Gasteiger partial charge in [-0.1, -0.05) is 30.3 Å². The molecule has 2 aliphatic heterocycles. The van der Waals surface area contributed by atoms with E-state index in [1.165, 1.54) is 32.7 Å². The zero-order chi connectivity index (χ0) is 28.4. The van der Waals surface area contributed by atoms with E-state index in [1.54, 1.807) is 4.57 Å². The number of hydrogen-bond donors (Lipinski definition) is 0. The van der Waals surface area contributed by atoms with Crippen LogP contribution in [0, 0.1) is 0 Å². The van der Waals surface area contributed by atoms with E-state index in [0.29, 0.717) is 22.9 Å². The van der Waals surface area contributed by atoms with Crippen molar-refractivity contribution < 1.29 is 33.3 Å². The van der Waals surface area contributed by atoms with Crippen molar-refractivity contribution in [3.63, 3.8) is 0 Å². The predicted molar refractivity (Wildman–Crippen MR) is 143 cm³/mol. The molecule has 0 radical (unpaired) electrons. The van der Waals surface area contributed by atoms with Gasteiger partial charge in [0.1, 0.15) is 12.7 Å². The van der Waals surface area contributed by atoms with Gasteiger partial charge in [-0.05, 0) is 35.9 Å². The topological polar surface area (TPSA) is 135 Å². The number of hydrogen-bond acceptors (Lipinski definition) is 11. The molecule has 1 aromatic carbocycles. The van der Waals surface area contributed by atoms with E-state index in [0.717, 1.165) is 25.9 Å². The molecular formula is C27H30ClN5O7. The third-order valence-electron chi connectivity index (χ3n) is 7.06. The summed E-state index contributed by atoms with van der Waals surface area (Å²) < 4.78 is 23.9. The Morgan fingerprint density at radius 1 is 0.975 bits per heavy atom. The minimum atomic E-state index is -1.07. The summed E-state index contributed by atoms with van der Waals surface area (Å²) in [6.07, 6.45) is -0.646. The summed E-state index contributed by atoms with van der Waals surface area (Å²) in [5.74, 6) is -0.711. The number of anilines is 1. The second kappa shape index (κ2) is 11.8. The Morgan fingerprint density at radius 2 is 1.65 bits per heavy atom. The molecule has 4 atom stereocenters. The van der Waals surface area contributed by atoms with E-state index in [-0.39, 0.29) is 11.9 Å². The van der Waals surface area contributed by atoms with E-state index in [2.05, 4.69) is 44.1 Å². The number of imidazole rings is 1. The number of benzene rings is 1. The van der Waals surface area contributed by atoms with Gasteiger partial charge in [-0.3, -0.25) is 19.0 Å². The Balaban J connectivity index is 1.46. The molecule has 12 nitrogen and oxygen atoms in total. The molecule has 0 spiro atoms. The van der Waals surface area contributed by atoms with E-state index in [1.807, 2.05) is 6.07 Å². The molecule has 4 heterocycles. The van der Waals surface area contributed by atoms with Crippen molar-refractivity contribution in [2.75, 3.05) is 24.6 Å². The standard InChI is InChI=1S/C27H30ClN5O7/c1-15(34)37-13-20-22(38-16(2)35)23(39-17(3)36)26(40-20)33-14-29-21-24(30-27(28)31-25(21)33)32-11-9-19(10-12-32)18-7-5-4-6-8-18/h4-8,14,19-20,22-23,26H,9-13H2,1-3H3/t20-,22?,23?,26-/m1/s1. The van der Waals surface area contributed by atoms with E-state index < -0.39 is 42.4 Å². The summed E-state index contributed by atoms with van der Waals surface area (Å²) in [6, 6.07) is 10.4. The van der Waals surface area contributed by atoms with Crippen LogP contribution in [0.1, 0.15) is 51.3 Å². The Kier molecular flexibility index (Phi) is 8.17. The van der Waals surface area contributed by atoms with Gasteiger partial charge < -0.3 is 23.8 Å². The Morgan fingerprint density at radius 3 is 2.30 bits per heavy atom. The van der Waals surface area contributed by atoms with Gasteiger partial charge in [0.2, 0.25) is 5.28 Å². The van der Waals surface area contributed by atoms with Gasteiger partial charge >= 0.3 is 17.9 Å². The van der Waals surface area contributed by atoms with Crippen LogP contribution in [0.5, 0.6) is 0 Å². The van der Waals surface area contributed by atoms with Crippen molar-refractivity contribution >= 4 is 46.5 Å². The number of esters is 3. The van der Waals surface area contributed by atoms with Gasteiger partial charge in [0.25, 0.3) is 0 Å². The number of carbonyl (C=O) groups is 3. The Labute approximate surface area is 235 Å². The zero-order valence-corrected chi connectivity index (χ0v) is 23.1. The summed E-state index contributed by atoms with van der Waals surface area (Å²) in [4.78, 5) is 51.1. The highest BCUT2D eigenvalue weighted by Gasteiger charge is 2.51. The van der Waals surface area contributed by atoms with Gasteiger partial charge in [0, 0.05) is 33.9 Å². The van der Waals surface area contributed by atoms with Crippen molar-refractivity contribution in [2.24, 2.45) is 0 Å². The Bertz CT molecular complexity index is 1390. The minimum Gasteiger partial charge on any atom is -0.463 e. The first-order valence-corrected chi connectivity index (χ1v) is 13.4. The molecular weight excluding hydrogens is 542 g/mol. The van der Waals surface area contributed by atoms with Gasteiger partial charge in [-0.15, -0.1) is 0 Å². The quantitative estimate of drug-likeness (QED) is 0.235. The highest BCUT2D eigenvalue weighted by molar-refractivity contribution is 6.28. The summed E-state index contributed by atoms with van der Waals surface area (Å²) in [5, 5.41) is 0.0180. The van der Waals surface area contributed by atoms with Gasteiger partial charge in [0.15, 0.2) is 35.4 Å². The van der Waals surface area contributed by atoms with Crippen LogP contribution in [0.15, 0.2) is 36.7 Å². The van der Waals surface area contributed by atoms with Crippen LogP contribution in [-0.4, -0.2) is 75.4 Å². The maximum absolute atomic E-state index is 12.0. The first-order chi connectivity index (χ1) is 19.2. The summed E-state index contributed by atoms with van der Waals surface area (Å²) >= 11 is 6.39. The largest absolute Gasteiger partial charge is 0.463 e. The van der Waals surface area contributed by atoms with E-state index in [4.69, 9.17) is 30.5 Å². The molecule has 212 valence electrons. The van der Waals surface area contributed by atoms with Crippen molar-refractivity contribution in [3.8, 4) is 0 Å². The van der Waals surface area contributed by atoms with Gasteiger partial charge in [-0.2, -0.15) is 9.97 Å². The summed E-state index contributed by atoms with van der Waals surface area (Å²) in [7, 11) is 0. The highest BCUT2D eigenvalue weighted by atomic mass is 35.5. The minimum absolute atomic E-state index is 0.0180. The lowest BCUT2D eigenvalue weighted by Gasteiger charge is -2.33. The first-order valence-electron chi connectivity index (χ1n) is 13.0. The number of halogens is 1. The van der Waals surface area contributed by atoms with Crippen LogP contribution in [0.4, 0.5) is 5.82 Å². The fourth-order valence-corrected chi connectivity index (χ4v) is 5.51. The molecule has 2 aliphatic rings. The molecule has 5 rings (SSSR count). The second-order valence-corrected chi connectivity index (χ2v) is 10.2. The number of piperidine rings is 1. The molecule has 0 aliphatic carbocycles. The molecule has 2 aromatic heterocycles. The maximum atomic E-state index is 12.0. The maximum Gasteiger partial charge on any atom is 0.303 e. The van der Waals surface area contributed by atoms with Crippen LogP contribution >= 0.6 is 11.6 Å². The molecule has 0 N–H and O–H groups in total. The van der Waals surface area contributed by atoms with Crippen molar-refractivity contribution in [3.05, 3.63) is 47.5 Å². The lowest BCUT2D eigenvalue weighted by molar-refractivity contribution is -0.166. The molecule has 2 unspecified atom stereocenters. The fourth-order valence-electron chi connectivity index (χ4n) is 5.35. The third kappa shape index (κ3) is 5.87. The molecule has 3 aromatic rings. The van der Waals surface area contributed by atoms with Crippen molar-refractivity contribution in [1.82, 2.24) is 19.5 Å². The van der Waals surface area contributed by atoms with Crippen molar-refractivity contribution in [2.45, 2.75) is 64.1 Å². The first kappa shape index (κ1) is 27.8. The lowest BCUT2D eigenvalue weighted by atomic mass is 9.89. The average molecular weight is 572 g/mol. The van der Waals surface area contributed by atoms with Gasteiger partial charge in [0.05, 0.1) is 6.33 Å². The number of rotatable bonds is 7. The predicted octanol–water partition coefficient (Wildman–Crippen LogP) is 3.19. The molecule has 0 bridgehead atoms. The van der Waals surface area contributed by atoms with Crippen LogP contribution in [0.2, 0.25) is 5.28 Å². The summed E-state index contributed by atoms with van der Waals surface area (Å²) in [5.41, 5.74) is 2.18. The van der Waals surface area contributed by atoms with Crippen LogP contribution in [0.3, 0.4) is 0 Å². The Hall–Kier alpha value is -3.77. The fraction of sp³-hybridized carbons (Fsp3) is 0.481. The molecule has 13 heteroatoms. The monoisotopic (exact) mass is 571 g/mol. The molecule has 0 saturated carbocycles. The number of aromatic nitrogens is 4. The molecule has 0 amide bonds. The third-order valence-corrected chi connectivity index (χ3v) is 7.22. The number of nitrogens with zero attached hydrogens (tertiary/aromatic N) is 5. The molecule has 40 heavy (non-hydrogen) atoms. The normalized spacial score (nSPS) is 23.2. The number of fused-ring (bicyclic) bond motifs is 1. The summed E-state index contributed by atoms with van der Waals surface area (Å²) in [6.45, 7) is 5.01. The average Bonchev–Trinajstić information content (AvgIpc) is 3.48. The van der Waals surface area contributed by atoms with E-state index >= 15 is 0 Å². The zero-order valence-electron chi connectivity index (χ0n) is 22.4. The molecule has 2 saturated heterocycles. The van der Waals surface area contributed by atoms with Crippen LogP contribution in [-0.2, 0) is 33.3 Å². The molecule has 2 fully saturated rings. The number of carbonyl (C=O) groups excluding carboxylic acids is 3. The van der Waals surface area contributed by atoms with Gasteiger partial charge in [-0.25, -0.2) is 4.98 Å². The lowest BCUT2D eigenvalue weighted by Crippen LogP contribution is -2.40. The highest BCUT2D eigenvalue weighted by Crippen LogP contribution is 2.38. The van der Waals surface area contributed by atoms with Crippen LogP contribution < -0.4 is 4.90 Å². The second-order valence-electron chi connectivity index (χ2n) is 9.83. The number of ether oxygens (including phenoxy) is 4. The van der Waals surface area contributed by atoms with Crippen LogP contribution in [0.25, 0.3) is 11.2 Å².